The summed E-state index contributed by atoms with van der Waals surface area (Å²) in [6, 6.07) is 17.7. The number of nitrogens with one attached hydrogen (secondary N) is 2. The van der Waals surface area contributed by atoms with Crippen LogP contribution in [0.15, 0.2) is 71.6 Å². The molecule has 0 unspecified atom stereocenters. The Bertz CT molecular complexity index is 1160. The van der Waals surface area contributed by atoms with Gasteiger partial charge >= 0.3 is 0 Å². The molecule has 0 radical (unpaired) electrons. The van der Waals surface area contributed by atoms with Crippen LogP contribution in [0.2, 0.25) is 0 Å². The summed E-state index contributed by atoms with van der Waals surface area (Å²) in [6.07, 6.45) is 0.540. The number of halogens is 1. The van der Waals surface area contributed by atoms with Crippen molar-refractivity contribution in [2.24, 2.45) is 0 Å². The van der Waals surface area contributed by atoms with E-state index in [4.69, 9.17) is 0 Å². The highest BCUT2D eigenvalue weighted by Gasteiger charge is 2.20. The quantitative estimate of drug-likeness (QED) is 0.594. The van der Waals surface area contributed by atoms with Crippen LogP contribution in [0.5, 0.6) is 0 Å². The van der Waals surface area contributed by atoms with Gasteiger partial charge in [-0.05, 0) is 67.3 Å². The highest BCUT2D eigenvalue weighted by Crippen LogP contribution is 2.22. The second kappa shape index (κ2) is 9.09. The van der Waals surface area contributed by atoms with Crippen LogP contribution in [0.25, 0.3) is 0 Å². The second-order valence-electron chi connectivity index (χ2n) is 7.03. The molecule has 3 rings (SSSR count). The first kappa shape index (κ1) is 21.5. The Morgan fingerprint density at radius 1 is 0.933 bits per heavy atom. The monoisotopic (exact) mass is 426 g/mol. The van der Waals surface area contributed by atoms with Gasteiger partial charge in [-0.25, -0.2) is 12.8 Å². The number of carbonyl (C=O) groups is 1. The first-order valence-electron chi connectivity index (χ1n) is 9.48. The van der Waals surface area contributed by atoms with Crippen molar-refractivity contribution < 1.29 is 17.6 Å². The van der Waals surface area contributed by atoms with Gasteiger partial charge in [0.15, 0.2) is 0 Å². The van der Waals surface area contributed by atoms with Crippen molar-refractivity contribution in [2.75, 3.05) is 11.3 Å². The largest absolute Gasteiger partial charge is 0.352 e. The lowest BCUT2D eigenvalue weighted by molar-refractivity contribution is 0.0954. The maximum atomic E-state index is 13.0. The van der Waals surface area contributed by atoms with Crippen molar-refractivity contribution in [3.8, 4) is 0 Å². The molecule has 0 aliphatic rings. The summed E-state index contributed by atoms with van der Waals surface area (Å²) in [5, 5.41) is 2.77. The van der Waals surface area contributed by atoms with Gasteiger partial charge in [-0.15, -0.1) is 0 Å². The van der Waals surface area contributed by atoms with Gasteiger partial charge in [0.1, 0.15) is 5.82 Å². The number of carbonyl (C=O) groups excluding carboxylic acids is 1. The third-order valence-electron chi connectivity index (χ3n) is 4.74. The lowest BCUT2D eigenvalue weighted by atomic mass is 10.1. The summed E-state index contributed by atoms with van der Waals surface area (Å²) in [5.41, 5.74) is 2.98. The maximum absolute atomic E-state index is 13.0. The smallest absolute Gasteiger partial charge is 0.262 e. The zero-order valence-corrected chi connectivity index (χ0v) is 17.6. The molecule has 2 N–H and O–H groups in total. The van der Waals surface area contributed by atoms with Gasteiger partial charge in [0, 0.05) is 12.1 Å². The molecule has 0 aliphatic heterocycles. The molecule has 0 atom stereocenters. The van der Waals surface area contributed by atoms with E-state index >= 15 is 0 Å². The summed E-state index contributed by atoms with van der Waals surface area (Å²) in [4.78, 5) is 12.6. The van der Waals surface area contributed by atoms with E-state index < -0.39 is 10.0 Å². The lowest BCUT2D eigenvalue weighted by Crippen LogP contribution is -2.26. The van der Waals surface area contributed by atoms with Crippen molar-refractivity contribution in [3.05, 3.63) is 94.8 Å². The Hall–Kier alpha value is -3.19. The van der Waals surface area contributed by atoms with Crippen LogP contribution in [-0.4, -0.2) is 20.9 Å². The summed E-state index contributed by atoms with van der Waals surface area (Å²) >= 11 is 0. The Labute approximate surface area is 176 Å². The highest BCUT2D eigenvalue weighted by molar-refractivity contribution is 7.92. The fourth-order valence-corrected chi connectivity index (χ4v) is 4.39. The van der Waals surface area contributed by atoms with Crippen molar-refractivity contribution in [1.29, 1.82) is 0 Å². The number of hydrogen-bond acceptors (Lipinski definition) is 3. The predicted octanol–water partition coefficient (Wildman–Crippen LogP) is 4.22. The molecule has 0 spiro atoms. The van der Waals surface area contributed by atoms with Crippen LogP contribution in [0, 0.1) is 19.7 Å². The number of aryl methyl sites for hydroxylation is 2. The van der Waals surface area contributed by atoms with Gasteiger partial charge in [0.2, 0.25) is 0 Å². The SMILES string of the molecule is Cc1ccccc1NS(=O)(=O)c1cc(C(=O)NCCc2ccc(F)cc2)ccc1C. The van der Waals surface area contributed by atoms with E-state index in [0.717, 1.165) is 11.1 Å². The van der Waals surface area contributed by atoms with E-state index in [1.807, 2.05) is 19.1 Å². The van der Waals surface area contributed by atoms with Crippen LogP contribution in [0.4, 0.5) is 10.1 Å². The normalized spacial score (nSPS) is 11.2. The average Bonchev–Trinajstić information content (AvgIpc) is 2.71. The number of amides is 1. The van der Waals surface area contributed by atoms with Crippen LogP contribution in [-0.2, 0) is 16.4 Å². The Balaban J connectivity index is 1.73. The molecule has 0 aromatic heterocycles. The first-order valence-corrected chi connectivity index (χ1v) is 11.0. The number of rotatable bonds is 7. The van der Waals surface area contributed by atoms with Gasteiger partial charge in [0.25, 0.3) is 15.9 Å². The summed E-state index contributed by atoms with van der Waals surface area (Å²) in [6.45, 7) is 3.85. The Morgan fingerprint density at radius 2 is 1.63 bits per heavy atom. The van der Waals surface area contributed by atoms with E-state index in [1.165, 1.54) is 18.2 Å². The fourth-order valence-electron chi connectivity index (χ4n) is 2.99. The van der Waals surface area contributed by atoms with Crippen molar-refractivity contribution >= 4 is 21.6 Å². The summed E-state index contributed by atoms with van der Waals surface area (Å²) < 4.78 is 41.4. The fraction of sp³-hybridized carbons (Fsp3) is 0.174. The molecule has 0 aliphatic carbocycles. The lowest BCUT2D eigenvalue weighted by Gasteiger charge is -2.13. The second-order valence-corrected chi connectivity index (χ2v) is 8.68. The van der Waals surface area contributed by atoms with E-state index in [2.05, 4.69) is 10.0 Å². The number of sulfonamides is 1. The molecule has 0 saturated carbocycles. The molecular weight excluding hydrogens is 403 g/mol. The standard InChI is InChI=1S/C23H23FN2O3S/c1-16-5-3-4-6-21(16)26-30(28,29)22-15-19(10-7-17(22)2)23(27)25-14-13-18-8-11-20(24)12-9-18/h3-12,15,26H,13-14H2,1-2H3,(H,25,27). The third-order valence-corrected chi connectivity index (χ3v) is 6.25. The van der Waals surface area contributed by atoms with Crippen LogP contribution in [0.3, 0.4) is 0 Å². The third kappa shape index (κ3) is 5.24. The maximum Gasteiger partial charge on any atom is 0.262 e. The molecule has 156 valence electrons. The summed E-state index contributed by atoms with van der Waals surface area (Å²) in [5.74, 6) is -0.681. The summed E-state index contributed by atoms with van der Waals surface area (Å²) in [7, 11) is -3.86. The molecule has 0 heterocycles. The zero-order valence-electron chi connectivity index (χ0n) is 16.8. The number of para-hydroxylation sites is 1. The minimum atomic E-state index is -3.86. The zero-order chi connectivity index (χ0) is 21.7. The van der Waals surface area contributed by atoms with Gasteiger partial charge in [-0.2, -0.15) is 0 Å². The van der Waals surface area contributed by atoms with Gasteiger partial charge in [0.05, 0.1) is 10.6 Å². The molecule has 3 aromatic rings. The number of benzene rings is 3. The van der Waals surface area contributed by atoms with Crippen LogP contribution < -0.4 is 10.0 Å². The predicted molar refractivity (Wildman–Crippen MR) is 116 cm³/mol. The molecule has 30 heavy (non-hydrogen) atoms. The van der Waals surface area contributed by atoms with Crippen LogP contribution in [0.1, 0.15) is 27.0 Å². The highest BCUT2D eigenvalue weighted by atomic mass is 32.2. The molecule has 5 nitrogen and oxygen atoms in total. The van der Waals surface area contributed by atoms with E-state index in [9.17, 15) is 17.6 Å². The molecule has 0 fully saturated rings. The molecular formula is C23H23FN2O3S. The number of hydrogen-bond donors (Lipinski definition) is 2. The Morgan fingerprint density at radius 3 is 2.33 bits per heavy atom. The molecule has 1 amide bonds. The van der Waals surface area contributed by atoms with E-state index in [-0.39, 0.29) is 22.2 Å². The topological polar surface area (TPSA) is 75.3 Å². The van der Waals surface area contributed by atoms with Crippen molar-refractivity contribution in [2.45, 2.75) is 25.2 Å². The Kier molecular flexibility index (Phi) is 6.52. The minimum absolute atomic E-state index is 0.0527. The number of anilines is 1. The molecule has 0 bridgehead atoms. The molecule has 7 heteroatoms. The molecule has 0 saturated heterocycles. The molecule has 3 aromatic carbocycles. The van der Waals surface area contributed by atoms with Gasteiger partial charge < -0.3 is 5.32 Å². The van der Waals surface area contributed by atoms with Crippen molar-refractivity contribution in [3.63, 3.8) is 0 Å². The van der Waals surface area contributed by atoms with E-state index in [1.54, 1.807) is 43.3 Å². The minimum Gasteiger partial charge on any atom is -0.352 e. The van der Waals surface area contributed by atoms with Gasteiger partial charge in [-0.3, -0.25) is 9.52 Å². The first-order chi connectivity index (χ1) is 14.3. The van der Waals surface area contributed by atoms with Gasteiger partial charge in [-0.1, -0.05) is 36.4 Å². The average molecular weight is 427 g/mol. The van der Waals surface area contributed by atoms with Crippen LogP contribution >= 0.6 is 0 Å². The van der Waals surface area contributed by atoms with E-state index in [0.29, 0.717) is 24.2 Å². The van der Waals surface area contributed by atoms with Crippen molar-refractivity contribution in [1.82, 2.24) is 5.32 Å².